The molecule has 0 saturated heterocycles. The van der Waals surface area contributed by atoms with Crippen molar-refractivity contribution in [2.24, 2.45) is 0 Å². The van der Waals surface area contributed by atoms with E-state index in [1.807, 2.05) is 19.9 Å². The lowest BCUT2D eigenvalue weighted by Gasteiger charge is -2.26. The van der Waals surface area contributed by atoms with Gasteiger partial charge in [-0.25, -0.2) is 14.3 Å². The fourth-order valence-electron chi connectivity index (χ4n) is 2.43. The molecule has 0 aliphatic carbocycles. The predicted octanol–water partition coefficient (Wildman–Crippen LogP) is 1.72. The van der Waals surface area contributed by atoms with E-state index in [1.54, 1.807) is 11.4 Å². The summed E-state index contributed by atoms with van der Waals surface area (Å²) in [6.07, 6.45) is 2.46. The van der Waals surface area contributed by atoms with E-state index < -0.39 is 17.4 Å². The number of aryl methyl sites for hydroxylation is 2. The molecule has 0 aliphatic heterocycles. The van der Waals surface area contributed by atoms with Crippen molar-refractivity contribution in [3.05, 3.63) is 29.2 Å². The van der Waals surface area contributed by atoms with Crippen molar-refractivity contribution in [2.75, 3.05) is 0 Å². The van der Waals surface area contributed by atoms with Crippen molar-refractivity contribution in [3.63, 3.8) is 0 Å². The molecule has 1 amide bonds. The summed E-state index contributed by atoms with van der Waals surface area (Å²) in [4.78, 5) is 28.1. The highest BCUT2D eigenvalue weighted by Crippen LogP contribution is 2.16. The lowest BCUT2D eigenvalue weighted by Crippen LogP contribution is -2.52. The number of nitrogens with zero attached hydrogens (tertiary/aromatic N) is 3. The molecule has 1 unspecified atom stereocenters. The number of hydrogen-bond acceptors (Lipinski definition) is 4. The van der Waals surface area contributed by atoms with E-state index in [-0.39, 0.29) is 0 Å². The van der Waals surface area contributed by atoms with E-state index in [9.17, 15) is 14.7 Å². The van der Waals surface area contributed by atoms with Gasteiger partial charge in [-0.05, 0) is 27.2 Å². The van der Waals surface area contributed by atoms with E-state index in [2.05, 4.69) is 15.4 Å². The number of aliphatic carboxylic acids is 1. The first-order chi connectivity index (χ1) is 10.3. The SMILES string of the molecule is CCCC(C)(NC(=O)c1cnc2cc(C)nn2c1C)C(=O)O. The van der Waals surface area contributed by atoms with Crippen molar-refractivity contribution in [3.8, 4) is 0 Å². The molecule has 7 heteroatoms. The molecular formula is C15H20N4O3. The van der Waals surface area contributed by atoms with Gasteiger partial charge in [0, 0.05) is 12.3 Å². The first-order valence-electron chi connectivity index (χ1n) is 7.16. The van der Waals surface area contributed by atoms with E-state index >= 15 is 0 Å². The topological polar surface area (TPSA) is 96.6 Å². The Bertz CT molecular complexity index is 738. The maximum atomic E-state index is 12.5. The zero-order valence-electron chi connectivity index (χ0n) is 13.2. The molecule has 0 fully saturated rings. The Morgan fingerprint density at radius 2 is 2.09 bits per heavy atom. The molecule has 0 saturated carbocycles. The first kappa shape index (κ1) is 15.9. The van der Waals surface area contributed by atoms with E-state index in [0.29, 0.717) is 29.7 Å². The van der Waals surface area contributed by atoms with Crippen molar-refractivity contribution in [1.29, 1.82) is 0 Å². The fraction of sp³-hybridized carbons (Fsp3) is 0.467. The zero-order chi connectivity index (χ0) is 16.5. The molecule has 7 nitrogen and oxygen atoms in total. The van der Waals surface area contributed by atoms with Crippen LogP contribution in [0.5, 0.6) is 0 Å². The smallest absolute Gasteiger partial charge is 0.329 e. The number of carbonyl (C=O) groups is 2. The van der Waals surface area contributed by atoms with Gasteiger partial charge < -0.3 is 10.4 Å². The van der Waals surface area contributed by atoms with Crippen LogP contribution in [-0.4, -0.2) is 37.1 Å². The summed E-state index contributed by atoms with van der Waals surface area (Å²) in [5.74, 6) is -1.51. The number of amides is 1. The fourth-order valence-corrected chi connectivity index (χ4v) is 2.43. The van der Waals surface area contributed by atoms with Gasteiger partial charge >= 0.3 is 5.97 Å². The number of rotatable bonds is 5. The molecule has 0 radical (unpaired) electrons. The average Bonchev–Trinajstić information content (AvgIpc) is 2.80. The van der Waals surface area contributed by atoms with Crippen LogP contribution in [0.3, 0.4) is 0 Å². The summed E-state index contributed by atoms with van der Waals surface area (Å²) in [7, 11) is 0. The second-order valence-electron chi connectivity index (χ2n) is 5.65. The average molecular weight is 304 g/mol. The van der Waals surface area contributed by atoms with Gasteiger partial charge in [0.15, 0.2) is 5.65 Å². The molecule has 2 aromatic rings. The number of carboxylic acids is 1. The Kier molecular flexibility index (Phi) is 4.16. The molecule has 2 heterocycles. The Hall–Kier alpha value is -2.44. The van der Waals surface area contributed by atoms with Crippen LogP contribution >= 0.6 is 0 Å². The highest BCUT2D eigenvalue weighted by atomic mass is 16.4. The van der Waals surface area contributed by atoms with E-state index in [0.717, 1.165) is 5.69 Å². The zero-order valence-corrected chi connectivity index (χ0v) is 13.2. The van der Waals surface area contributed by atoms with E-state index in [1.165, 1.54) is 13.1 Å². The summed E-state index contributed by atoms with van der Waals surface area (Å²) in [6.45, 7) is 6.99. The van der Waals surface area contributed by atoms with Crippen LogP contribution in [0.1, 0.15) is 48.4 Å². The second-order valence-corrected chi connectivity index (χ2v) is 5.65. The maximum absolute atomic E-state index is 12.5. The van der Waals surface area contributed by atoms with Gasteiger partial charge in [0.25, 0.3) is 5.91 Å². The summed E-state index contributed by atoms with van der Waals surface area (Å²) in [5, 5.41) is 16.2. The molecule has 0 aromatic carbocycles. The molecule has 2 N–H and O–H groups in total. The summed E-state index contributed by atoms with van der Waals surface area (Å²) in [6, 6.07) is 1.81. The quantitative estimate of drug-likeness (QED) is 0.876. The van der Waals surface area contributed by atoms with Gasteiger partial charge in [-0.15, -0.1) is 0 Å². The molecule has 0 aliphatic rings. The molecule has 2 aromatic heterocycles. The lowest BCUT2D eigenvalue weighted by molar-refractivity contribution is -0.144. The van der Waals surface area contributed by atoms with Gasteiger partial charge in [0.05, 0.1) is 17.0 Å². The largest absolute Gasteiger partial charge is 0.480 e. The highest BCUT2D eigenvalue weighted by molar-refractivity contribution is 5.98. The monoisotopic (exact) mass is 304 g/mol. The van der Waals surface area contributed by atoms with Crippen LogP contribution in [0.15, 0.2) is 12.3 Å². The van der Waals surface area contributed by atoms with Crippen LogP contribution in [0, 0.1) is 13.8 Å². The number of carboxylic acid groups (broad SMARTS) is 1. The third-order valence-electron chi connectivity index (χ3n) is 3.70. The van der Waals surface area contributed by atoms with Gasteiger partial charge in [-0.2, -0.15) is 5.10 Å². The minimum Gasteiger partial charge on any atom is -0.480 e. The highest BCUT2D eigenvalue weighted by Gasteiger charge is 2.34. The Morgan fingerprint density at radius 3 is 2.68 bits per heavy atom. The minimum absolute atomic E-state index is 0.319. The number of nitrogens with one attached hydrogen (secondary N) is 1. The molecule has 1 atom stereocenters. The van der Waals surface area contributed by atoms with E-state index in [4.69, 9.17) is 0 Å². The van der Waals surface area contributed by atoms with Gasteiger partial charge in [-0.1, -0.05) is 13.3 Å². The summed E-state index contributed by atoms with van der Waals surface area (Å²) >= 11 is 0. The van der Waals surface area contributed by atoms with Crippen LogP contribution in [0.4, 0.5) is 0 Å². The Morgan fingerprint density at radius 1 is 1.41 bits per heavy atom. The van der Waals surface area contributed by atoms with Crippen molar-refractivity contribution in [2.45, 2.75) is 46.1 Å². The van der Waals surface area contributed by atoms with Gasteiger partial charge in [0.1, 0.15) is 5.54 Å². The number of carbonyl (C=O) groups excluding carboxylic acids is 1. The van der Waals surface area contributed by atoms with Crippen molar-refractivity contribution >= 4 is 17.5 Å². The molecule has 0 bridgehead atoms. The third-order valence-corrected chi connectivity index (χ3v) is 3.70. The van der Waals surface area contributed by atoms with Crippen molar-refractivity contribution in [1.82, 2.24) is 19.9 Å². The Balaban J connectivity index is 2.37. The van der Waals surface area contributed by atoms with Crippen LogP contribution in [0.25, 0.3) is 5.65 Å². The molecular weight excluding hydrogens is 284 g/mol. The third kappa shape index (κ3) is 2.79. The van der Waals surface area contributed by atoms with Gasteiger partial charge in [-0.3, -0.25) is 4.79 Å². The summed E-state index contributed by atoms with van der Waals surface area (Å²) in [5.41, 5.74) is 1.10. The first-order valence-corrected chi connectivity index (χ1v) is 7.16. The van der Waals surface area contributed by atoms with Gasteiger partial charge in [0.2, 0.25) is 0 Å². The standard InChI is InChI=1S/C15H20N4O3/c1-5-6-15(4,14(21)22)17-13(20)11-8-16-12-7-9(2)18-19(12)10(11)3/h7-8H,5-6H2,1-4H3,(H,17,20)(H,21,22). The normalized spacial score (nSPS) is 13.8. The minimum atomic E-state index is -1.30. The maximum Gasteiger partial charge on any atom is 0.329 e. The van der Waals surface area contributed by atoms with Crippen molar-refractivity contribution < 1.29 is 14.7 Å². The number of fused-ring (bicyclic) bond motifs is 1. The van der Waals surface area contributed by atoms with Crippen LogP contribution < -0.4 is 5.32 Å². The molecule has 2 rings (SSSR count). The Labute approximate surface area is 128 Å². The number of aromatic nitrogens is 3. The lowest BCUT2D eigenvalue weighted by atomic mass is 9.96. The van der Waals surface area contributed by atoms with Crippen LogP contribution in [0.2, 0.25) is 0 Å². The molecule has 118 valence electrons. The summed E-state index contributed by atoms with van der Waals surface area (Å²) < 4.78 is 1.59. The second kappa shape index (κ2) is 5.75. The van der Waals surface area contributed by atoms with Crippen LogP contribution in [-0.2, 0) is 4.79 Å². The predicted molar refractivity (Wildman–Crippen MR) is 80.9 cm³/mol. The molecule has 0 spiro atoms. The number of hydrogen-bond donors (Lipinski definition) is 2. The molecule has 22 heavy (non-hydrogen) atoms.